The van der Waals surface area contributed by atoms with Crippen LogP contribution in [0.1, 0.15) is 69.5 Å². The molecule has 1 spiro atoms. The molecule has 1 nitrogen and oxygen atoms in total. The predicted octanol–water partition coefficient (Wildman–Crippen LogP) is 16.2. The molecule has 1 heteroatoms. The Morgan fingerprint density at radius 3 is 1.20 bits per heavy atom. The van der Waals surface area contributed by atoms with E-state index >= 15 is 0 Å². The van der Waals surface area contributed by atoms with Gasteiger partial charge in [0.25, 0.3) is 0 Å². The Balaban J connectivity index is 1.07. The molecule has 0 fully saturated rings. The van der Waals surface area contributed by atoms with Crippen LogP contribution in [0.4, 0.5) is 17.1 Å². The van der Waals surface area contributed by atoms with E-state index in [1.165, 1.54) is 106 Å². The van der Waals surface area contributed by atoms with Crippen molar-refractivity contribution in [2.75, 3.05) is 4.90 Å². The highest BCUT2D eigenvalue weighted by atomic mass is 15.1. The summed E-state index contributed by atoms with van der Waals surface area (Å²) in [4.78, 5) is 2.57. The van der Waals surface area contributed by atoms with E-state index in [0.717, 1.165) is 11.4 Å². The lowest BCUT2D eigenvalue weighted by atomic mass is 9.68. The van der Waals surface area contributed by atoms with Gasteiger partial charge in [-0.15, -0.1) is 0 Å². The number of nitrogens with zero attached hydrogens (tertiary/aromatic N) is 1. The third-order valence-corrected chi connectivity index (χ3v) is 15.8. The van der Waals surface area contributed by atoms with Crippen molar-refractivity contribution in [3.8, 4) is 44.5 Å². The third kappa shape index (κ3) is 4.64. The second kappa shape index (κ2) is 13.5. The van der Waals surface area contributed by atoms with Gasteiger partial charge in [-0.2, -0.15) is 0 Å². The lowest BCUT2D eigenvalue weighted by molar-refractivity contribution is 0.660. The van der Waals surface area contributed by atoms with E-state index < -0.39 is 10.8 Å². The molecule has 0 aromatic heterocycles. The lowest BCUT2D eigenvalue weighted by Gasteiger charge is -2.34. The van der Waals surface area contributed by atoms with Crippen molar-refractivity contribution in [1.82, 2.24) is 0 Å². The molecule has 0 bridgehead atoms. The Labute approximate surface area is 387 Å². The van der Waals surface area contributed by atoms with Crippen molar-refractivity contribution in [2.24, 2.45) is 0 Å². The van der Waals surface area contributed by atoms with Crippen LogP contribution < -0.4 is 4.90 Å². The van der Waals surface area contributed by atoms with E-state index in [1.54, 1.807) is 0 Å². The van der Waals surface area contributed by atoms with Crippen LogP contribution >= 0.6 is 0 Å². The first-order valence-corrected chi connectivity index (χ1v) is 23.3. The normalized spacial score (nSPS) is 15.2. The van der Waals surface area contributed by atoms with Crippen molar-refractivity contribution in [1.29, 1.82) is 0 Å². The van der Waals surface area contributed by atoms with Crippen LogP contribution in [-0.4, -0.2) is 0 Å². The molecule has 14 rings (SSSR count). The number of hydrogen-bond donors (Lipinski definition) is 0. The lowest BCUT2D eigenvalue weighted by Crippen LogP contribution is -2.28. The molecule has 0 unspecified atom stereocenters. The van der Waals surface area contributed by atoms with Gasteiger partial charge in [-0.05, 0) is 125 Å². The molecule has 0 saturated carbocycles. The highest BCUT2D eigenvalue weighted by Crippen LogP contribution is 2.65. The van der Waals surface area contributed by atoms with Gasteiger partial charge in [-0.1, -0.05) is 220 Å². The molecule has 66 heavy (non-hydrogen) atoms. The fourth-order valence-electron chi connectivity index (χ4n) is 13.2. The zero-order chi connectivity index (χ0) is 43.8. The molecule has 0 radical (unpaired) electrons. The summed E-state index contributed by atoms with van der Waals surface area (Å²) in [5.74, 6) is 0. The monoisotopic (exact) mass is 839 g/mol. The summed E-state index contributed by atoms with van der Waals surface area (Å²) < 4.78 is 0. The van der Waals surface area contributed by atoms with Crippen molar-refractivity contribution in [3.05, 3.63) is 292 Å². The minimum atomic E-state index is -0.483. The fourth-order valence-corrected chi connectivity index (χ4v) is 13.2. The topological polar surface area (TPSA) is 3.24 Å². The van der Waals surface area contributed by atoms with E-state index in [4.69, 9.17) is 0 Å². The van der Waals surface area contributed by atoms with E-state index in [-0.39, 0.29) is 5.41 Å². The first-order valence-electron chi connectivity index (χ1n) is 23.3. The maximum Gasteiger partial charge on any atom is 0.0726 e. The van der Waals surface area contributed by atoms with Crippen LogP contribution in [0.25, 0.3) is 44.5 Å². The molecule has 310 valence electrons. The average Bonchev–Trinajstić information content (AvgIpc) is 4.04. The summed E-state index contributed by atoms with van der Waals surface area (Å²) in [5.41, 5.74) is 26.0. The fraction of sp³-hybridized carbons (Fsp3) is 0.0769. The van der Waals surface area contributed by atoms with Crippen molar-refractivity contribution < 1.29 is 0 Å². The van der Waals surface area contributed by atoms with Crippen molar-refractivity contribution >= 4 is 17.1 Å². The number of benzene rings is 10. The van der Waals surface area contributed by atoms with Gasteiger partial charge in [0.05, 0.1) is 16.5 Å². The van der Waals surface area contributed by atoms with Crippen LogP contribution in [0.5, 0.6) is 0 Å². The zero-order valence-corrected chi connectivity index (χ0v) is 37.0. The van der Waals surface area contributed by atoms with E-state index in [0.29, 0.717) is 0 Å². The Hall–Kier alpha value is -8.00. The predicted molar refractivity (Wildman–Crippen MR) is 272 cm³/mol. The van der Waals surface area contributed by atoms with Crippen molar-refractivity contribution in [3.63, 3.8) is 0 Å². The second-order valence-electron chi connectivity index (χ2n) is 19.1. The van der Waals surface area contributed by atoms with Gasteiger partial charge in [0, 0.05) is 22.4 Å². The summed E-state index contributed by atoms with van der Waals surface area (Å²) in [7, 11) is 0. The number of fused-ring (bicyclic) bond motifs is 16. The summed E-state index contributed by atoms with van der Waals surface area (Å²) in [6.45, 7) is 4.74. The average molecular weight is 840 g/mol. The van der Waals surface area contributed by atoms with Crippen LogP contribution in [0.15, 0.2) is 237 Å². The first-order chi connectivity index (χ1) is 32.5. The molecular weight excluding hydrogens is 795 g/mol. The Bertz CT molecular complexity index is 3550. The molecule has 0 atom stereocenters. The first kappa shape index (κ1) is 37.4. The van der Waals surface area contributed by atoms with Gasteiger partial charge in [-0.25, -0.2) is 0 Å². The minimum absolute atomic E-state index is 0.104. The van der Waals surface area contributed by atoms with Crippen LogP contribution in [0.3, 0.4) is 0 Å². The minimum Gasteiger partial charge on any atom is -0.310 e. The molecule has 10 aromatic rings. The summed E-state index contributed by atoms with van der Waals surface area (Å²) in [5, 5.41) is 0. The van der Waals surface area contributed by atoms with E-state index in [2.05, 4.69) is 255 Å². The molecule has 10 aromatic carbocycles. The number of hydrogen-bond acceptors (Lipinski definition) is 1. The number of rotatable bonds is 5. The van der Waals surface area contributed by atoms with Gasteiger partial charge in [0.15, 0.2) is 0 Å². The maximum atomic E-state index is 2.57. The SMILES string of the molecule is CC1(C)c2ccccc2-c2cc(N(c3ccc4c(c3)-c3ccccc3C4(c3ccccc3)c3ccccc3)c3cccc4c3-c3ccccc3C43c4ccccc4-c4ccccc43)ccc21. The van der Waals surface area contributed by atoms with E-state index in [1.807, 2.05) is 0 Å². The summed E-state index contributed by atoms with van der Waals surface area (Å²) in [6, 6.07) is 89.4. The zero-order valence-electron chi connectivity index (χ0n) is 37.0. The standard InChI is InChI=1S/C65H45N/c1-63(2)53-29-14-9-26-48(53)51-40-44(36-38-54(51)63)66(45-37-39-59-52(41-45)49-27-12-15-30-55(49)64(59,42-20-5-3-6-21-42)43-22-7-4-8-23-43)61-35-19-34-60-62(61)50-28-13-18-33-58(50)65(60)56-31-16-10-24-46(56)47-25-11-17-32-57(47)65/h3-41H,1-2H3. The molecule has 0 N–H and O–H groups in total. The quantitative estimate of drug-likeness (QED) is 0.167. The van der Waals surface area contributed by atoms with Gasteiger partial charge < -0.3 is 4.90 Å². The molecule has 0 saturated heterocycles. The molecule has 4 aliphatic rings. The highest BCUT2D eigenvalue weighted by Gasteiger charge is 2.53. The molecule has 0 amide bonds. The smallest absolute Gasteiger partial charge is 0.0726 e. The van der Waals surface area contributed by atoms with Crippen LogP contribution in [-0.2, 0) is 16.2 Å². The number of anilines is 3. The molecule has 0 aliphatic heterocycles. The van der Waals surface area contributed by atoms with Gasteiger partial charge in [0.1, 0.15) is 0 Å². The van der Waals surface area contributed by atoms with Crippen molar-refractivity contribution in [2.45, 2.75) is 30.1 Å². The second-order valence-corrected chi connectivity index (χ2v) is 19.1. The Kier molecular flexibility index (Phi) is 7.66. The maximum absolute atomic E-state index is 2.57. The summed E-state index contributed by atoms with van der Waals surface area (Å²) in [6.07, 6.45) is 0. The Morgan fingerprint density at radius 1 is 0.273 bits per heavy atom. The van der Waals surface area contributed by atoms with Gasteiger partial charge in [-0.3, -0.25) is 0 Å². The molecular formula is C65H45N. The van der Waals surface area contributed by atoms with Crippen LogP contribution in [0.2, 0.25) is 0 Å². The highest BCUT2D eigenvalue weighted by molar-refractivity contribution is 6.02. The Morgan fingerprint density at radius 2 is 0.636 bits per heavy atom. The van der Waals surface area contributed by atoms with Crippen LogP contribution in [0, 0.1) is 0 Å². The van der Waals surface area contributed by atoms with E-state index in [9.17, 15) is 0 Å². The molecule has 0 heterocycles. The van der Waals surface area contributed by atoms with Gasteiger partial charge >= 0.3 is 0 Å². The van der Waals surface area contributed by atoms with Gasteiger partial charge in [0.2, 0.25) is 0 Å². The summed E-state index contributed by atoms with van der Waals surface area (Å²) >= 11 is 0. The third-order valence-electron chi connectivity index (χ3n) is 15.8. The molecule has 4 aliphatic carbocycles. The largest absolute Gasteiger partial charge is 0.310 e.